The number of ether oxygens (including phenoxy) is 2. The molecule has 21 heavy (non-hydrogen) atoms. The number of rotatable bonds is 3. The number of amides is 1. The number of anilines is 1. The van der Waals surface area contributed by atoms with Crippen molar-refractivity contribution < 1.29 is 19.1 Å². The number of ketones is 1. The third-order valence-corrected chi connectivity index (χ3v) is 4.12. The van der Waals surface area contributed by atoms with Crippen LogP contribution in [0, 0.1) is 0 Å². The average molecular weight is 330 g/mol. The molecule has 3 rings (SSSR count). The molecule has 0 N–H and O–H groups in total. The van der Waals surface area contributed by atoms with Crippen molar-refractivity contribution in [3.8, 4) is 0 Å². The van der Waals surface area contributed by atoms with Crippen molar-refractivity contribution in [2.24, 2.45) is 0 Å². The summed E-state index contributed by atoms with van der Waals surface area (Å²) in [6.45, 7) is 1.57. The van der Waals surface area contributed by atoms with Crippen molar-refractivity contribution in [1.29, 1.82) is 0 Å². The molecule has 0 aromatic heterocycles. The molecule has 0 saturated carbocycles. The fourth-order valence-electron chi connectivity index (χ4n) is 2.50. The minimum Gasteiger partial charge on any atom is -0.353 e. The second kappa shape index (κ2) is 5.93. The van der Waals surface area contributed by atoms with E-state index in [0.29, 0.717) is 36.9 Å². The van der Waals surface area contributed by atoms with E-state index >= 15 is 0 Å². The number of hydrogen-bond donors (Lipinski definition) is 0. The molecule has 0 aliphatic carbocycles. The zero-order valence-electron chi connectivity index (χ0n) is 11.1. The lowest BCUT2D eigenvalue weighted by molar-refractivity contribution is -0.179. The van der Waals surface area contributed by atoms with Gasteiger partial charge in [0.1, 0.15) is 0 Å². The first kappa shape index (κ1) is 14.8. The van der Waals surface area contributed by atoms with Gasteiger partial charge in [-0.1, -0.05) is 23.2 Å². The summed E-state index contributed by atoms with van der Waals surface area (Å²) in [5.74, 6) is -1.24. The summed E-state index contributed by atoms with van der Waals surface area (Å²) in [7, 11) is 0. The highest BCUT2D eigenvalue weighted by Crippen LogP contribution is 2.40. The van der Waals surface area contributed by atoms with E-state index in [0.717, 1.165) is 6.42 Å². The average Bonchev–Trinajstić information content (AvgIpc) is 2.75. The van der Waals surface area contributed by atoms with Crippen LogP contribution in [0.15, 0.2) is 12.1 Å². The molecule has 0 atom stereocenters. The predicted molar refractivity (Wildman–Crippen MR) is 78.1 cm³/mol. The van der Waals surface area contributed by atoms with Gasteiger partial charge in [0.05, 0.1) is 34.5 Å². The first-order valence-electron chi connectivity index (χ1n) is 6.67. The van der Waals surface area contributed by atoms with Crippen molar-refractivity contribution in [1.82, 2.24) is 0 Å². The van der Waals surface area contributed by atoms with E-state index in [4.69, 9.17) is 32.7 Å². The summed E-state index contributed by atoms with van der Waals surface area (Å²) < 4.78 is 10.9. The van der Waals surface area contributed by atoms with Gasteiger partial charge in [0.2, 0.25) is 0 Å². The minimum absolute atomic E-state index is 0.180. The minimum atomic E-state index is -0.622. The quantitative estimate of drug-likeness (QED) is 0.800. The van der Waals surface area contributed by atoms with Gasteiger partial charge in [-0.15, -0.1) is 0 Å². The molecule has 2 heterocycles. The highest BCUT2D eigenvalue weighted by atomic mass is 35.5. The van der Waals surface area contributed by atoms with Crippen molar-refractivity contribution in [3.63, 3.8) is 0 Å². The molecule has 1 aromatic rings. The molecular formula is C14H13Cl2NO4. The van der Waals surface area contributed by atoms with Gasteiger partial charge in [-0.2, -0.15) is 0 Å². The van der Waals surface area contributed by atoms with Crippen LogP contribution in [0.25, 0.3) is 0 Å². The number of carbonyl (C=O) groups excluding carboxylic acids is 2. The van der Waals surface area contributed by atoms with Crippen LogP contribution in [0.1, 0.15) is 23.2 Å². The SMILES string of the molecule is O=C1C(=O)N(CCC2OCCCO2)c2c(Cl)ccc(Cl)c21. The van der Waals surface area contributed by atoms with Gasteiger partial charge >= 0.3 is 0 Å². The number of halogens is 2. The van der Waals surface area contributed by atoms with E-state index in [1.165, 1.54) is 11.0 Å². The molecule has 1 amide bonds. The van der Waals surface area contributed by atoms with Crippen LogP contribution < -0.4 is 4.90 Å². The van der Waals surface area contributed by atoms with Crippen LogP contribution in [0.4, 0.5) is 5.69 Å². The molecule has 2 aliphatic rings. The Morgan fingerprint density at radius 2 is 1.81 bits per heavy atom. The third kappa shape index (κ3) is 2.66. The molecule has 0 unspecified atom stereocenters. The van der Waals surface area contributed by atoms with Crippen molar-refractivity contribution in [2.45, 2.75) is 19.1 Å². The third-order valence-electron chi connectivity index (χ3n) is 3.50. The zero-order valence-corrected chi connectivity index (χ0v) is 12.6. The predicted octanol–water partition coefficient (Wildman–Crippen LogP) is 2.68. The van der Waals surface area contributed by atoms with Gasteiger partial charge in [0.25, 0.3) is 11.7 Å². The molecule has 0 spiro atoms. The normalized spacial score (nSPS) is 19.2. The number of benzene rings is 1. The lowest BCUT2D eigenvalue weighted by Crippen LogP contribution is -2.35. The van der Waals surface area contributed by atoms with E-state index in [1.807, 2.05) is 0 Å². The van der Waals surface area contributed by atoms with Gasteiger partial charge in [-0.3, -0.25) is 9.59 Å². The maximum absolute atomic E-state index is 12.1. The molecule has 0 bridgehead atoms. The summed E-state index contributed by atoms with van der Waals surface area (Å²) in [6.07, 6.45) is 0.979. The summed E-state index contributed by atoms with van der Waals surface area (Å²) in [5.41, 5.74) is 0.564. The highest BCUT2D eigenvalue weighted by Gasteiger charge is 2.39. The van der Waals surface area contributed by atoms with Crippen molar-refractivity contribution in [3.05, 3.63) is 27.7 Å². The largest absolute Gasteiger partial charge is 0.353 e. The lowest BCUT2D eigenvalue weighted by Gasteiger charge is -2.25. The van der Waals surface area contributed by atoms with Gasteiger partial charge < -0.3 is 14.4 Å². The Balaban J connectivity index is 1.82. The molecular weight excluding hydrogens is 317 g/mol. The summed E-state index contributed by atoms with van der Waals surface area (Å²) in [4.78, 5) is 25.5. The lowest BCUT2D eigenvalue weighted by atomic mass is 10.1. The molecule has 1 fully saturated rings. The van der Waals surface area contributed by atoms with Crippen LogP contribution in [0.3, 0.4) is 0 Å². The smallest absolute Gasteiger partial charge is 0.299 e. The van der Waals surface area contributed by atoms with Gasteiger partial charge in [0, 0.05) is 13.0 Å². The fourth-order valence-corrected chi connectivity index (χ4v) is 3.00. The number of Topliss-reactive ketones (excluding diaryl/α,β-unsaturated/α-hetero) is 1. The maximum Gasteiger partial charge on any atom is 0.299 e. The summed E-state index contributed by atoms with van der Waals surface area (Å²) >= 11 is 12.1. The fraction of sp³-hybridized carbons (Fsp3) is 0.429. The van der Waals surface area contributed by atoms with Crippen LogP contribution in [0.2, 0.25) is 10.0 Å². The molecule has 7 heteroatoms. The number of fused-ring (bicyclic) bond motifs is 1. The van der Waals surface area contributed by atoms with Crippen LogP contribution in [0.5, 0.6) is 0 Å². The topological polar surface area (TPSA) is 55.8 Å². The Hall–Kier alpha value is -1.14. The standard InChI is InChI=1S/C14H13Cl2NO4/c15-8-2-3-9(16)12-11(8)13(18)14(19)17(12)5-4-10-20-6-1-7-21-10/h2-3,10H,1,4-7H2. The van der Waals surface area contributed by atoms with Crippen LogP contribution in [-0.2, 0) is 14.3 Å². The number of carbonyl (C=O) groups is 2. The van der Waals surface area contributed by atoms with E-state index in [1.54, 1.807) is 6.07 Å². The molecule has 1 saturated heterocycles. The van der Waals surface area contributed by atoms with Gasteiger partial charge in [0.15, 0.2) is 6.29 Å². The summed E-state index contributed by atoms with van der Waals surface area (Å²) in [5, 5.41) is 0.569. The van der Waals surface area contributed by atoms with E-state index in [-0.39, 0.29) is 16.9 Å². The second-order valence-electron chi connectivity index (χ2n) is 4.85. The Labute approximate surface area is 131 Å². The monoisotopic (exact) mass is 329 g/mol. The van der Waals surface area contributed by atoms with E-state index < -0.39 is 11.7 Å². The number of nitrogens with zero attached hydrogens (tertiary/aromatic N) is 1. The van der Waals surface area contributed by atoms with Gasteiger partial charge in [-0.05, 0) is 18.6 Å². The molecule has 1 aromatic carbocycles. The molecule has 5 nitrogen and oxygen atoms in total. The highest BCUT2D eigenvalue weighted by molar-refractivity contribution is 6.56. The Bertz CT molecular complexity index is 599. The molecule has 2 aliphatic heterocycles. The molecule has 112 valence electrons. The first-order valence-corrected chi connectivity index (χ1v) is 7.42. The first-order chi connectivity index (χ1) is 10.1. The Morgan fingerprint density at radius 1 is 1.14 bits per heavy atom. The second-order valence-corrected chi connectivity index (χ2v) is 5.67. The van der Waals surface area contributed by atoms with Crippen LogP contribution >= 0.6 is 23.2 Å². The molecule has 0 radical (unpaired) electrons. The van der Waals surface area contributed by atoms with Gasteiger partial charge in [-0.25, -0.2) is 0 Å². The summed E-state index contributed by atoms with van der Waals surface area (Å²) in [6, 6.07) is 3.10. The zero-order chi connectivity index (χ0) is 15.0. The maximum atomic E-state index is 12.1. The number of hydrogen-bond acceptors (Lipinski definition) is 4. The van der Waals surface area contributed by atoms with Crippen molar-refractivity contribution >= 4 is 40.6 Å². The Morgan fingerprint density at radius 3 is 2.52 bits per heavy atom. The Kier molecular flexibility index (Phi) is 4.17. The van der Waals surface area contributed by atoms with Crippen molar-refractivity contribution in [2.75, 3.05) is 24.7 Å². The van der Waals surface area contributed by atoms with E-state index in [2.05, 4.69) is 0 Å². The van der Waals surface area contributed by atoms with Crippen LogP contribution in [-0.4, -0.2) is 37.7 Å². The van der Waals surface area contributed by atoms with E-state index in [9.17, 15) is 9.59 Å².